The van der Waals surface area contributed by atoms with Crippen LogP contribution in [-0.2, 0) is 9.31 Å². The van der Waals surface area contributed by atoms with E-state index in [1.807, 2.05) is 30.3 Å². The first-order valence-corrected chi connectivity index (χ1v) is 7.51. The first-order chi connectivity index (χ1) is 10.4. The fraction of sp³-hybridized carbons (Fsp3) is 0.353. The van der Waals surface area contributed by atoms with Gasteiger partial charge in [-0.15, -0.1) is 0 Å². The third-order valence-electron chi connectivity index (χ3n) is 4.81. The fourth-order valence-corrected chi connectivity index (χ4v) is 2.85. The van der Waals surface area contributed by atoms with Gasteiger partial charge in [0, 0.05) is 17.0 Å². The minimum absolute atomic E-state index is 0.363. The molecule has 3 aromatic rings. The van der Waals surface area contributed by atoms with Crippen LogP contribution in [-0.4, -0.2) is 23.3 Å². The molecule has 1 fully saturated rings. The average Bonchev–Trinajstić information content (AvgIpc) is 2.93. The van der Waals surface area contributed by atoms with Crippen LogP contribution in [0.15, 0.2) is 40.9 Å². The first-order valence-electron chi connectivity index (χ1n) is 7.51. The maximum atomic E-state index is 6.19. The number of aromatic nitrogens is 1. The number of hydrogen-bond acceptors (Lipinski definition) is 4. The van der Waals surface area contributed by atoms with Gasteiger partial charge < -0.3 is 13.7 Å². The van der Waals surface area contributed by atoms with Crippen molar-refractivity contribution in [1.82, 2.24) is 4.98 Å². The molecule has 0 saturated carbocycles. The van der Waals surface area contributed by atoms with Crippen LogP contribution in [0.4, 0.5) is 0 Å². The Hall–Kier alpha value is -1.85. The summed E-state index contributed by atoms with van der Waals surface area (Å²) >= 11 is 0. The normalized spacial score (nSPS) is 20.1. The Bertz CT molecular complexity index is 853. The zero-order valence-corrected chi connectivity index (χ0v) is 13.2. The predicted octanol–water partition coefficient (Wildman–Crippen LogP) is 3.28. The third-order valence-corrected chi connectivity index (χ3v) is 4.81. The second kappa shape index (κ2) is 4.34. The SMILES string of the molecule is CC1(C)OB(c2cccc3oc4ncccc4c23)OC1(C)C. The summed E-state index contributed by atoms with van der Waals surface area (Å²) in [5.74, 6) is 0. The molecule has 4 rings (SSSR count). The van der Waals surface area contributed by atoms with Crippen molar-refractivity contribution in [3.05, 3.63) is 36.5 Å². The van der Waals surface area contributed by atoms with Gasteiger partial charge in [0.05, 0.1) is 11.2 Å². The molecule has 5 heteroatoms. The Morgan fingerprint density at radius 3 is 2.41 bits per heavy atom. The van der Waals surface area contributed by atoms with E-state index in [-0.39, 0.29) is 11.2 Å². The van der Waals surface area contributed by atoms with Crippen molar-refractivity contribution >= 4 is 34.7 Å². The lowest BCUT2D eigenvalue weighted by molar-refractivity contribution is 0.00578. The molecule has 0 atom stereocenters. The zero-order chi connectivity index (χ0) is 15.5. The molecule has 0 aliphatic carbocycles. The fourth-order valence-electron chi connectivity index (χ4n) is 2.85. The van der Waals surface area contributed by atoms with Crippen molar-refractivity contribution in [3.63, 3.8) is 0 Å². The van der Waals surface area contributed by atoms with E-state index in [1.165, 1.54) is 0 Å². The number of rotatable bonds is 1. The van der Waals surface area contributed by atoms with Gasteiger partial charge in [0.25, 0.3) is 0 Å². The summed E-state index contributed by atoms with van der Waals surface area (Å²) in [6.45, 7) is 8.23. The van der Waals surface area contributed by atoms with Gasteiger partial charge in [-0.2, -0.15) is 0 Å². The third kappa shape index (κ3) is 1.82. The number of nitrogens with zero attached hydrogens (tertiary/aromatic N) is 1. The van der Waals surface area contributed by atoms with Gasteiger partial charge in [-0.1, -0.05) is 12.1 Å². The highest BCUT2D eigenvalue weighted by Crippen LogP contribution is 2.37. The Morgan fingerprint density at radius 2 is 1.68 bits per heavy atom. The Morgan fingerprint density at radius 1 is 0.955 bits per heavy atom. The highest BCUT2D eigenvalue weighted by Gasteiger charge is 2.52. The summed E-state index contributed by atoms with van der Waals surface area (Å²) in [7, 11) is -0.408. The summed E-state index contributed by atoms with van der Waals surface area (Å²) in [6.07, 6.45) is 1.74. The average molecular weight is 295 g/mol. The van der Waals surface area contributed by atoms with E-state index in [4.69, 9.17) is 13.7 Å². The molecule has 0 bridgehead atoms. The zero-order valence-electron chi connectivity index (χ0n) is 13.2. The molecular weight excluding hydrogens is 277 g/mol. The first kappa shape index (κ1) is 13.8. The van der Waals surface area contributed by atoms with Crippen molar-refractivity contribution in [3.8, 4) is 0 Å². The molecule has 1 aliphatic rings. The molecule has 112 valence electrons. The summed E-state index contributed by atoms with van der Waals surface area (Å²) in [5, 5.41) is 2.01. The molecule has 0 amide bonds. The van der Waals surface area contributed by atoms with Crippen LogP contribution < -0.4 is 5.46 Å². The second-order valence-corrected chi connectivity index (χ2v) is 6.77. The molecule has 1 aliphatic heterocycles. The molecule has 4 nitrogen and oxygen atoms in total. The summed E-state index contributed by atoms with van der Waals surface area (Å²) in [4.78, 5) is 4.30. The molecule has 3 heterocycles. The molecule has 0 N–H and O–H groups in total. The van der Waals surface area contributed by atoms with Gasteiger partial charge in [-0.05, 0) is 51.4 Å². The van der Waals surface area contributed by atoms with Crippen LogP contribution in [0.25, 0.3) is 22.1 Å². The summed E-state index contributed by atoms with van der Waals surface area (Å²) in [5.41, 5.74) is 1.71. The maximum absolute atomic E-state index is 6.19. The Labute approximate surface area is 129 Å². The van der Waals surface area contributed by atoms with Gasteiger partial charge in [-0.3, -0.25) is 0 Å². The largest absolute Gasteiger partial charge is 0.495 e. The van der Waals surface area contributed by atoms with Crippen molar-refractivity contribution in [2.24, 2.45) is 0 Å². The van der Waals surface area contributed by atoms with Gasteiger partial charge in [0.15, 0.2) is 0 Å². The number of benzene rings is 1. The lowest BCUT2D eigenvalue weighted by atomic mass is 9.76. The number of furan rings is 1. The van der Waals surface area contributed by atoms with Crippen LogP contribution in [0.5, 0.6) is 0 Å². The van der Waals surface area contributed by atoms with Crippen LogP contribution >= 0.6 is 0 Å². The van der Waals surface area contributed by atoms with E-state index in [2.05, 4.69) is 32.7 Å². The van der Waals surface area contributed by atoms with E-state index in [9.17, 15) is 0 Å². The van der Waals surface area contributed by atoms with Crippen molar-refractivity contribution in [1.29, 1.82) is 0 Å². The van der Waals surface area contributed by atoms with Crippen LogP contribution in [0.2, 0.25) is 0 Å². The standard InChI is InChI=1S/C17H18BNO3/c1-16(2)17(3,4)22-18(21-16)12-8-5-9-13-14(12)11-7-6-10-19-15(11)20-13/h5-10H,1-4H3. The summed E-state index contributed by atoms with van der Waals surface area (Å²) < 4.78 is 18.2. The minimum atomic E-state index is -0.408. The van der Waals surface area contributed by atoms with E-state index >= 15 is 0 Å². The van der Waals surface area contributed by atoms with Crippen LogP contribution in [0.1, 0.15) is 27.7 Å². The molecule has 0 radical (unpaired) electrons. The second-order valence-electron chi connectivity index (χ2n) is 6.77. The smallest absolute Gasteiger partial charge is 0.438 e. The number of fused-ring (bicyclic) bond motifs is 3. The van der Waals surface area contributed by atoms with Gasteiger partial charge in [0.2, 0.25) is 5.71 Å². The number of pyridine rings is 1. The van der Waals surface area contributed by atoms with Gasteiger partial charge in [-0.25, -0.2) is 4.98 Å². The molecule has 22 heavy (non-hydrogen) atoms. The van der Waals surface area contributed by atoms with Crippen LogP contribution in [0, 0.1) is 0 Å². The highest BCUT2D eigenvalue weighted by atomic mass is 16.7. The highest BCUT2D eigenvalue weighted by molar-refractivity contribution is 6.65. The molecule has 0 unspecified atom stereocenters. The van der Waals surface area contributed by atoms with E-state index < -0.39 is 7.12 Å². The molecule has 2 aromatic heterocycles. The van der Waals surface area contributed by atoms with Crippen molar-refractivity contribution < 1.29 is 13.7 Å². The predicted molar refractivity (Wildman–Crippen MR) is 87.2 cm³/mol. The van der Waals surface area contributed by atoms with Crippen molar-refractivity contribution in [2.75, 3.05) is 0 Å². The number of hydrogen-bond donors (Lipinski definition) is 0. The molecule has 0 spiro atoms. The lowest BCUT2D eigenvalue weighted by Gasteiger charge is -2.32. The van der Waals surface area contributed by atoms with E-state index in [1.54, 1.807) is 6.20 Å². The van der Waals surface area contributed by atoms with Crippen LogP contribution in [0.3, 0.4) is 0 Å². The molecule has 1 aromatic carbocycles. The van der Waals surface area contributed by atoms with Crippen molar-refractivity contribution in [2.45, 2.75) is 38.9 Å². The quantitative estimate of drug-likeness (QED) is 0.646. The molecule has 1 saturated heterocycles. The van der Waals surface area contributed by atoms with E-state index in [0.29, 0.717) is 5.71 Å². The van der Waals surface area contributed by atoms with Gasteiger partial charge >= 0.3 is 7.12 Å². The lowest BCUT2D eigenvalue weighted by Crippen LogP contribution is -2.41. The maximum Gasteiger partial charge on any atom is 0.495 e. The Balaban J connectivity index is 1.93. The minimum Gasteiger partial charge on any atom is -0.438 e. The Kier molecular flexibility index (Phi) is 2.72. The van der Waals surface area contributed by atoms with E-state index in [0.717, 1.165) is 21.8 Å². The topological polar surface area (TPSA) is 44.5 Å². The summed E-state index contributed by atoms with van der Waals surface area (Å²) in [6, 6.07) is 9.88. The monoisotopic (exact) mass is 295 g/mol. The van der Waals surface area contributed by atoms with Gasteiger partial charge in [0.1, 0.15) is 5.58 Å². The molecular formula is C17H18BNO3.